The Bertz CT molecular complexity index is 727. The van der Waals surface area contributed by atoms with E-state index in [1.807, 2.05) is 13.8 Å². The van der Waals surface area contributed by atoms with Gasteiger partial charge in [0.05, 0.1) is 18.2 Å². The number of H-pyrrole nitrogens is 1. The Labute approximate surface area is 147 Å². The first-order chi connectivity index (χ1) is 12.0. The number of aromatic amines is 1. The Balaban J connectivity index is 1.78. The summed E-state index contributed by atoms with van der Waals surface area (Å²) in [6.07, 6.45) is 1.18. The number of carbonyl (C=O) groups excluding carboxylic acids is 1. The van der Waals surface area contributed by atoms with Crippen molar-refractivity contribution in [3.05, 3.63) is 28.6 Å². The molecule has 2 aromatic heterocycles. The smallest absolute Gasteiger partial charge is 0.225 e. The maximum atomic E-state index is 12.6. The second-order valence-corrected chi connectivity index (χ2v) is 7.00. The van der Waals surface area contributed by atoms with Gasteiger partial charge in [-0.3, -0.25) is 9.89 Å². The summed E-state index contributed by atoms with van der Waals surface area (Å²) in [4.78, 5) is 12.6. The Morgan fingerprint density at radius 2 is 2.08 bits per heavy atom. The molecular weight excluding hydrogens is 318 g/mol. The zero-order valence-electron chi connectivity index (χ0n) is 15.4. The van der Waals surface area contributed by atoms with Crippen molar-refractivity contribution in [1.29, 1.82) is 0 Å². The van der Waals surface area contributed by atoms with Gasteiger partial charge >= 0.3 is 0 Å². The monoisotopic (exact) mass is 345 g/mol. The van der Waals surface area contributed by atoms with Crippen LogP contribution in [0.4, 0.5) is 0 Å². The van der Waals surface area contributed by atoms with E-state index < -0.39 is 0 Å². The van der Waals surface area contributed by atoms with E-state index in [2.05, 4.69) is 49.4 Å². The van der Waals surface area contributed by atoms with Crippen molar-refractivity contribution in [1.82, 2.24) is 35.6 Å². The largest absolute Gasteiger partial charge is 0.346 e. The minimum Gasteiger partial charge on any atom is -0.346 e. The Hall–Kier alpha value is -2.22. The summed E-state index contributed by atoms with van der Waals surface area (Å²) in [6.45, 7) is 10.7. The van der Waals surface area contributed by atoms with E-state index in [1.165, 1.54) is 0 Å². The lowest BCUT2D eigenvalue weighted by Crippen LogP contribution is -2.35. The molecule has 1 atom stereocenters. The molecule has 2 aromatic rings. The maximum Gasteiger partial charge on any atom is 0.225 e. The molecular formula is C17H27N7O. The number of carbonyl (C=O) groups is 1. The molecule has 0 bridgehead atoms. The Kier molecular flexibility index (Phi) is 5.17. The third-order valence-corrected chi connectivity index (χ3v) is 4.77. The number of aromatic nitrogens is 5. The minimum absolute atomic E-state index is 0.0182. The highest BCUT2D eigenvalue weighted by molar-refractivity contribution is 5.79. The fourth-order valence-electron chi connectivity index (χ4n) is 3.27. The molecule has 0 saturated heterocycles. The minimum atomic E-state index is -0.153. The van der Waals surface area contributed by atoms with Crippen molar-refractivity contribution in [3.8, 4) is 0 Å². The van der Waals surface area contributed by atoms with Crippen LogP contribution in [0.2, 0.25) is 0 Å². The van der Waals surface area contributed by atoms with E-state index in [-0.39, 0.29) is 17.9 Å². The summed E-state index contributed by atoms with van der Waals surface area (Å²) in [7, 11) is 0. The van der Waals surface area contributed by atoms with E-state index in [1.54, 1.807) is 0 Å². The zero-order valence-corrected chi connectivity index (χ0v) is 15.4. The number of aryl methyl sites for hydroxylation is 2. The van der Waals surface area contributed by atoms with E-state index >= 15 is 0 Å². The van der Waals surface area contributed by atoms with Gasteiger partial charge in [0.15, 0.2) is 5.82 Å². The summed E-state index contributed by atoms with van der Waals surface area (Å²) in [6, 6.07) is -0.153. The van der Waals surface area contributed by atoms with Crippen molar-refractivity contribution in [2.45, 2.75) is 53.1 Å². The van der Waals surface area contributed by atoms with Crippen LogP contribution >= 0.6 is 0 Å². The van der Waals surface area contributed by atoms with Crippen LogP contribution in [0.5, 0.6) is 0 Å². The summed E-state index contributed by atoms with van der Waals surface area (Å²) in [5.74, 6) is 2.04. The van der Waals surface area contributed by atoms with Crippen LogP contribution in [0.15, 0.2) is 0 Å². The zero-order chi connectivity index (χ0) is 18.0. The molecule has 3 heterocycles. The Morgan fingerprint density at radius 3 is 2.76 bits per heavy atom. The van der Waals surface area contributed by atoms with Crippen LogP contribution in [-0.4, -0.2) is 44.0 Å². The first kappa shape index (κ1) is 17.6. The van der Waals surface area contributed by atoms with Gasteiger partial charge in [-0.1, -0.05) is 13.8 Å². The van der Waals surface area contributed by atoms with Crippen molar-refractivity contribution < 1.29 is 4.79 Å². The summed E-state index contributed by atoms with van der Waals surface area (Å²) < 4.78 is 2.15. The highest BCUT2D eigenvalue weighted by Crippen LogP contribution is 2.22. The highest BCUT2D eigenvalue weighted by Gasteiger charge is 2.26. The van der Waals surface area contributed by atoms with Crippen LogP contribution in [0, 0.1) is 19.8 Å². The number of rotatable bonds is 5. The standard InChI is InChI=1S/C17H27N7O/c1-10(2)16(17-23-22-14-5-6-18-7-8-24(14)17)19-15(25)9-13-11(3)20-21-12(13)4/h10,16,18H,5-9H2,1-4H3,(H,19,25)(H,20,21)/t16-/m1/s1. The fraction of sp³-hybridized carbons (Fsp3) is 0.647. The number of amides is 1. The van der Waals surface area contributed by atoms with Crippen LogP contribution in [0.3, 0.4) is 0 Å². The third-order valence-electron chi connectivity index (χ3n) is 4.77. The molecule has 1 amide bonds. The van der Waals surface area contributed by atoms with Crippen LogP contribution in [0.1, 0.15) is 48.5 Å². The predicted octanol–water partition coefficient (Wildman–Crippen LogP) is 0.820. The molecule has 0 spiro atoms. The number of hydrogen-bond donors (Lipinski definition) is 3. The van der Waals surface area contributed by atoms with Gasteiger partial charge < -0.3 is 15.2 Å². The molecule has 0 aliphatic carbocycles. The Morgan fingerprint density at radius 1 is 1.28 bits per heavy atom. The molecule has 0 saturated carbocycles. The summed E-state index contributed by atoms with van der Waals surface area (Å²) >= 11 is 0. The first-order valence-corrected chi connectivity index (χ1v) is 8.90. The average Bonchev–Trinajstić information content (AvgIpc) is 3.00. The number of hydrogen-bond acceptors (Lipinski definition) is 5. The molecule has 0 aromatic carbocycles. The number of nitrogens with zero attached hydrogens (tertiary/aromatic N) is 4. The molecule has 8 nitrogen and oxygen atoms in total. The molecule has 1 aliphatic heterocycles. The van der Waals surface area contributed by atoms with Gasteiger partial charge in [-0.25, -0.2) is 0 Å². The van der Waals surface area contributed by atoms with Gasteiger partial charge in [-0.2, -0.15) is 5.10 Å². The topological polar surface area (TPSA) is 101 Å². The van der Waals surface area contributed by atoms with Gasteiger partial charge in [0.1, 0.15) is 5.82 Å². The lowest BCUT2D eigenvalue weighted by Gasteiger charge is -2.22. The van der Waals surface area contributed by atoms with Crippen LogP contribution in [-0.2, 0) is 24.2 Å². The molecule has 3 rings (SSSR count). The normalized spacial score (nSPS) is 15.7. The second kappa shape index (κ2) is 7.35. The van der Waals surface area contributed by atoms with E-state index in [0.717, 1.165) is 54.7 Å². The average molecular weight is 345 g/mol. The number of fused-ring (bicyclic) bond motifs is 1. The van der Waals surface area contributed by atoms with Crippen molar-refractivity contribution >= 4 is 5.91 Å². The van der Waals surface area contributed by atoms with Crippen LogP contribution in [0.25, 0.3) is 0 Å². The second-order valence-electron chi connectivity index (χ2n) is 7.00. The van der Waals surface area contributed by atoms with E-state index in [9.17, 15) is 4.79 Å². The van der Waals surface area contributed by atoms with Gasteiger partial charge in [0.2, 0.25) is 5.91 Å². The van der Waals surface area contributed by atoms with Gasteiger partial charge in [0, 0.05) is 37.3 Å². The lowest BCUT2D eigenvalue weighted by molar-refractivity contribution is -0.121. The molecule has 0 unspecified atom stereocenters. The molecule has 25 heavy (non-hydrogen) atoms. The molecule has 1 aliphatic rings. The molecule has 0 fully saturated rings. The summed E-state index contributed by atoms with van der Waals surface area (Å²) in [5, 5.41) is 22.4. The van der Waals surface area contributed by atoms with E-state index in [4.69, 9.17) is 0 Å². The maximum absolute atomic E-state index is 12.6. The molecule has 136 valence electrons. The molecule has 3 N–H and O–H groups in total. The third kappa shape index (κ3) is 3.73. The van der Waals surface area contributed by atoms with E-state index in [0.29, 0.717) is 6.42 Å². The molecule has 8 heteroatoms. The van der Waals surface area contributed by atoms with Gasteiger partial charge in [-0.15, -0.1) is 10.2 Å². The lowest BCUT2D eigenvalue weighted by atomic mass is 10.0. The summed E-state index contributed by atoms with van der Waals surface area (Å²) in [5.41, 5.74) is 2.77. The SMILES string of the molecule is Cc1n[nH]c(C)c1CC(=O)N[C@@H](c1nnc2n1CCNCC2)C(C)C. The number of nitrogens with one attached hydrogen (secondary N) is 3. The fourth-order valence-corrected chi connectivity index (χ4v) is 3.27. The first-order valence-electron chi connectivity index (χ1n) is 8.90. The van der Waals surface area contributed by atoms with Crippen molar-refractivity contribution in [3.63, 3.8) is 0 Å². The quantitative estimate of drug-likeness (QED) is 0.745. The molecule has 0 radical (unpaired) electrons. The highest BCUT2D eigenvalue weighted by atomic mass is 16.1. The van der Waals surface area contributed by atoms with Gasteiger partial charge in [-0.05, 0) is 19.8 Å². The van der Waals surface area contributed by atoms with Gasteiger partial charge in [0.25, 0.3) is 0 Å². The predicted molar refractivity (Wildman–Crippen MR) is 94.1 cm³/mol. The van der Waals surface area contributed by atoms with Crippen molar-refractivity contribution in [2.24, 2.45) is 5.92 Å². The van der Waals surface area contributed by atoms with Crippen LogP contribution < -0.4 is 10.6 Å². The van der Waals surface area contributed by atoms with Crippen molar-refractivity contribution in [2.75, 3.05) is 13.1 Å².